The predicted molar refractivity (Wildman–Crippen MR) is 121 cm³/mol. The lowest BCUT2D eigenvalue weighted by molar-refractivity contribution is 0.0941. The average molecular weight is 457 g/mol. The van der Waals surface area contributed by atoms with E-state index in [2.05, 4.69) is 23.4 Å². The van der Waals surface area contributed by atoms with Gasteiger partial charge in [0.15, 0.2) is 0 Å². The summed E-state index contributed by atoms with van der Waals surface area (Å²) in [7, 11) is 0. The summed E-state index contributed by atoms with van der Waals surface area (Å²) in [4.78, 5) is 4.12. The lowest BCUT2D eigenvalue weighted by atomic mass is 9.97. The van der Waals surface area contributed by atoms with Crippen LogP contribution in [-0.4, -0.2) is 42.4 Å². The molecule has 1 saturated carbocycles. The van der Waals surface area contributed by atoms with E-state index in [0.29, 0.717) is 11.8 Å². The summed E-state index contributed by atoms with van der Waals surface area (Å²) in [6, 6.07) is 4.02. The van der Waals surface area contributed by atoms with Gasteiger partial charge in [0.1, 0.15) is 6.10 Å². The minimum absolute atomic E-state index is 0.0958. The molecule has 1 aliphatic carbocycles. The third kappa shape index (κ3) is 5.31. The molecule has 29 heavy (non-hydrogen) atoms. The molecule has 7 heteroatoms. The Bertz CT molecular complexity index is 803. The van der Waals surface area contributed by atoms with Crippen molar-refractivity contribution in [3.8, 4) is 0 Å². The van der Waals surface area contributed by atoms with Crippen molar-refractivity contribution in [2.75, 3.05) is 6.61 Å². The lowest BCUT2D eigenvalue weighted by Crippen LogP contribution is -2.25. The van der Waals surface area contributed by atoms with Crippen molar-refractivity contribution in [1.29, 1.82) is 0 Å². The van der Waals surface area contributed by atoms with Gasteiger partial charge in [-0.2, -0.15) is 0 Å². The molecule has 0 amide bonds. The number of halogens is 2. The molecular formula is C22H30Cl2N2O2S. The van der Waals surface area contributed by atoms with Crippen LogP contribution in [0, 0.1) is 6.92 Å². The highest BCUT2D eigenvalue weighted by Gasteiger charge is 2.32. The van der Waals surface area contributed by atoms with Crippen LogP contribution in [0.25, 0.3) is 0 Å². The Kier molecular flexibility index (Phi) is 7.96. The van der Waals surface area contributed by atoms with Crippen LogP contribution in [0.1, 0.15) is 67.5 Å². The Morgan fingerprint density at radius 1 is 1.14 bits per heavy atom. The largest absolute Gasteiger partial charge is 0.393 e. The van der Waals surface area contributed by atoms with Crippen molar-refractivity contribution in [3.63, 3.8) is 0 Å². The number of aromatic nitrogens is 2. The van der Waals surface area contributed by atoms with Gasteiger partial charge in [-0.3, -0.25) is 4.98 Å². The molecule has 1 fully saturated rings. The second-order valence-corrected chi connectivity index (χ2v) is 10.7. The van der Waals surface area contributed by atoms with Gasteiger partial charge >= 0.3 is 0 Å². The monoisotopic (exact) mass is 456 g/mol. The molecule has 2 aromatic rings. The Morgan fingerprint density at radius 2 is 1.76 bits per heavy atom. The molecule has 2 N–H and O–H groups in total. The number of aliphatic hydroxyl groups is 2. The van der Waals surface area contributed by atoms with Crippen molar-refractivity contribution >= 4 is 35.0 Å². The fourth-order valence-electron chi connectivity index (χ4n) is 4.20. The van der Waals surface area contributed by atoms with Crippen molar-refractivity contribution in [1.82, 2.24) is 9.55 Å². The molecule has 4 nitrogen and oxygen atoms in total. The molecule has 1 aliphatic rings. The van der Waals surface area contributed by atoms with Crippen LogP contribution in [0.4, 0.5) is 0 Å². The molecule has 0 spiro atoms. The van der Waals surface area contributed by atoms with Crippen molar-refractivity contribution in [2.24, 2.45) is 0 Å². The van der Waals surface area contributed by atoms with Crippen molar-refractivity contribution in [2.45, 2.75) is 79.6 Å². The molecule has 0 bridgehead atoms. The number of alkyl halides is 2. The molecular weight excluding hydrogens is 427 g/mol. The molecule has 0 aliphatic heterocycles. The third-order valence-corrected chi connectivity index (χ3v) is 7.66. The quantitative estimate of drug-likeness (QED) is 0.558. The van der Waals surface area contributed by atoms with Gasteiger partial charge in [0.05, 0.1) is 11.6 Å². The summed E-state index contributed by atoms with van der Waals surface area (Å²) in [6.07, 6.45) is 5.40. The zero-order valence-corrected chi connectivity index (χ0v) is 19.5. The van der Waals surface area contributed by atoms with Crippen LogP contribution in [0.3, 0.4) is 0 Å². The molecule has 3 atom stereocenters. The van der Waals surface area contributed by atoms with E-state index in [1.165, 1.54) is 0 Å². The van der Waals surface area contributed by atoms with Crippen molar-refractivity contribution < 1.29 is 10.2 Å². The summed E-state index contributed by atoms with van der Waals surface area (Å²) < 4.78 is 2.27. The Hall–Kier alpha value is -0.720. The van der Waals surface area contributed by atoms with Crippen LogP contribution in [0.15, 0.2) is 29.6 Å². The predicted octanol–water partition coefficient (Wildman–Crippen LogP) is 5.25. The molecule has 3 rings (SSSR count). The summed E-state index contributed by atoms with van der Waals surface area (Å²) in [5.41, 5.74) is 4.11. The number of hydrogen-bond donors (Lipinski definition) is 2. The second kappa shape index (κ2) is 10.1. The minimum atomic E-state index is -0.890. The number of pyridine rings is 1. The Balaban J connectivity index is 2.07. The maximum Gasteiger partial charge on any atom is 0.104 e. The summed E-state index contributed by atoms with van der Waals surface area (Å²) in [6.45, 7) is 6.70. The van der Waals surface area contributed by atoms with Gasteiger partial charge in [0.25, 0.3) is 0 Å². The first-order valence-electron chi connectivity index (χ1n) is 10.2. The normalized spacial score (nSPS) is 23.5. The van der Waals surface area contributed by atoms with Crippen LogP contribution in [0.2, 0.25) is 0 Å². The molecule has 2 heterocycles. The highest BCUT2D eigenvalue weighted by Crippen LogP contribution is 2.44. The number of nitrogens with zero attached hydrogens (tertiary/aromatic N) is 2. The average Bonchev–Trinajstić information content (AvgIpc) is 2.93. The van der Waals surface area contributed by atoms with Crippen molar-refractivity contribution in [3.05, 3.63) is 46.9 Å². The summed E-state index contributed by atoms with van der Waals surface area (Å²) in [5, 5.41) is 22.0. The standard InChI is InChI=1S/C22H30Cl2N2O2S/c1-13(2)20-21(19(28)12-27)14(3)26(11-15-4-6-25-7-5-15)22(20)29-18-9-16(23)8-17(24)10-18/h4-7,13,16-19,27-28H,8-12H2,1-3H3. The third-order valence-electron chi connectivity index (χ3n) is 5.56. The first-order valence-corrected chi connectivity index (χ1v) is 11.9. The minimum Gasteiger partial charge on any atom is -0.393 e. The van der Waals surface area contributed by atoms with Gasteiger partial charge in [-0.25, -0.2) is 0 Å². The summed E-state index contributed by atoms with van der Waals surface area (Å²) in [5.74, 6) is 0.216. The topological polar surface area (TPSA) is 58.3 Å². The first kappa shape index (κ1) is 23.0. The van der Waals surface area contributed by atoms with Crippen LogP contribution < -0.4 is 0 Å². The number of rotatable bonds is 7. The maximum atomic E-state index is 10.6. The van der Waals surface area contributed by atoms with Gasteiger partial charge in [-0.05, 0) is 55.4 Å². The van der Waals surface area contributed by atoms with Gasteiger partial charge in [-0.15, -0.1) is 35.0 Å². The van der Waals surface area contributed by atoms with Crippen LogP contribution in [-0.2, 0) is 6.54 Å². The van der Waals surface area contributed by atoms with Gasteiger partial charge in [0.2, 0.25) is 0 Å². The highest BCUT2D eigenvalue weighted by atomic mass is 35.5. The number of aliphatic hydroxyl groups excluding tert-OH is 2. The van der Waals surface area contributed by atoms with E-state index in [4.69, 9.17) is 23.2 Å². The van der Waals surface area contributed by atoms with E-state index in [-0.39, 0.29) is 23.3 Å². The SMILES string of the molecule is Cc1c(C(O)CO)c(C(C)C)c(SC2CC(Cl)CC(Cl)C2)n1Cc1ccncc1. The van der Waals surface area contributed by atoms with E-state index in [0.717, 1.165) is 46.7 Å². The fraction of sp³-hybridized carbons (Fsp3) is 0.591. The van der Waals surface area contributed by atoms with Crippen LogP contribution >= 0.6 is 35.0 Å². The van der Waals surface area contributed by atoms with E-state index >= 15 is 0 Å². The van der Waals surface area contributed by atoms with E-state index in [9.17, 15) is 10.2 Å². The van der Waals surface area contributed by atoms with E-state index in [1.807, 2.05) is 30.8 Å². The molecule has 3 unspecified atom stereocenters. The van der Waals surface area contributed by atoms with Gasteiger partial charge in [-0.1, -0.05) is 13.8 Å². The maximum absolute atomic E-state index is 10.6. The van der Waals surface area contributed by atoms with Crippen LogP contribution in [0.5, 0.6) is 0 Å². The zero-order valence-electron chi connectivity index (χ0n) is 17.2. The summed E-state index contributed by atoms with van der Waals surface area (Å²) >= 11 is 14.8. The molecule has 2 aromatic heterocycles. The van der Waals surface area contributed by atoms with E-state index < -0.39 is 6.10 Å². The van der Waals surface area contributed by atoms with Gasteiger partial charge in [0, 0.05) is 46.2 Å². The number of hydrogen-bond acceptors (Lipinski definition) is 4. The molecule has 160 valence electrons. The zero-order chi connectivity index (χ0) is 21.1. The first-order chi connectivity index (χ1) is 13.8. The molecule has 0 saturated heterocycles. The Labute approximate surface area is 187 Å². The highest BCUT2D eigenvalue weighted by molar-refractivity contribution is 7.99. The second-order valence-electron chi connectivity index (χ2n) is 8.15. The lowest BCUT2D eigenvalue weighted by Gasteiger charge is -2.29. The van der Waals surface area contributed by atoms with E-state index in [1.54, 1.807) is 12.4 Å². The molecule has 0 radical (unpaired) electrons. The fourth-order valence-corrected chi connectivity index (χ4v) is 7.14. The number of thioether (sulfide) groups is 1. The Morgan fingerprint density at radius 3 is 2.31 bits per heavy atom. The smallest absolute Gasteiger partial charge is 0.104 e. The van der Waals surface area contributed by atoms with Gasteiger partial charge < -0.3 is 14.8 Å². The molecule has 0 aromatic carbocycles.